The van der Waals surface area contributed by atoms with Gasteiger partial charge in [-0.1, -0.05) is 31.5 Å². The van der Waals surface area contributed by atoms with Crippen molar-refractivity contribution in [2.24, 2.45) is 0 Å². The van der Waals surface area contributed by atoms with Crippen LogP contribution >= 0.6 is 0 Å². The van der Waals surface area contributed by atoms with Crippen molar-refractivity contribution in [1.82, 2.24) is 0 Å². The highest BCUT2D eigenvalue weighted by Crippen LogP contribution is 2.38. The zero-order valence-electron chi connectivity index (χ0n) is 16.1. The van der Waals surface area contributed by atoms with Gasteiger partial charge < -0.3 is 19.2 Å². The monoisotopic (exact) mass is 384 g/mol. The van der Waals surface area contributed by atoms with Gasteiger partial charge in [0.15, 0.2) is 11.5 Å². The van der Waals surface area contributed by atoms with Crippen molar-refractivity contribution in [3.63, 3.8) is 0 Å². The molecule has 0 fully saturated rings. The van der Waals surface area contributed by atoms with Crippen molar-refractivity contribution in [2.75, 3.05) is 18.6 Å². The van der Waals surface area contributed by atoms with Crippen molar-refractivity contribution in [3.05, 3.63) is 57.6 Å². The Labute approximate surface area is 164 Å². The number of aldehydes is 1. The number of hydrogen-bond acceptors (Lipinski definition) is 6. The van der Waals surface area contributed by atoms with E-state index in [2.05, 4.69) is 0 Å². The number of methoxy groups -OCH3 is 1. The summed E-state index contributed by atoms with van der Waals surface area (Å²) in [4.78, 5) is 24.8. The number of para-hydroxylation sites is 1. The lowest BCUT2D eigenvalue weighted by molar-refractivity contribution is -0.385. The molecule has 1 aliphatic heterocycles. The topological polar surface area (TPSA) is 81.9 Å². The third kappa shape index (κ3) is 3.93. The van der Waals surface area contributed by atoms with Gasteiger partial charge >= 0.3 is 0 Å². The van der Waals surface area contributed by atoms with Gasteiger partial charge in [0.1, 0.15) is 6.29 Å². The second-order valence-corrected chi connectivity index (χ2v) is 6.76. The Kier molecular flexibility index (Phi) is 6.13. The van der Waals surface area contributed by atoms with Crippen molar-refractivity contribution in [3.8, 4) is 11.5 Å². The molecule has 7 heteroatoms. The van der Waals surface area contributed by atoms with Crippen LogP contribution in [0.2, 0.25) is 0 Å². The van der Waals surface area contributed by atoms with E-state index in [0.29, 0.717) is 30.1 Å². The van der Waals surface area contributed by atoms with E-state index in [9.17, 15) is 14.9 Å². The number of nitrogens with zero attached hydrogens (tertiary/aromatic N) is 2. The number of unbranched alkanes of at least 4 members (excludes halogenated alkanes) is 1. The molecule has 148 valence electrons. The summed E-state index contributed by atoms with van der Waals surface area (Å²) < 4.78 is 11.1. The lowest BCUT2D eigenvalue weighted by Gasteiger charge is -2.24. The van der Waals surface area contributed by atoms with Gasteiger partial charge in [-0.05, 0) is 24.1 Å². The van der Waals surface area contributed by atoms with Crippen LogP contribution in [0, 0.1) is 10.1 Å². The second kappa shape index (κ2) is 8.73. The van der Waals surface area contributed by atoms with Crippen molar-refractivity contribution in [1.29, 1.82) is 0 Å². The van der Waals surface area contributed by atoms with Crippen molar-refractivity contribution in [2.45, 2.75) is 38.8 Å². The number of hydrogen-bond donors (Lipinski definition) is 0. The summed E-state index contributed by atoms with van der Waals surface area (Å²) in [5.41, 5.74) is 2.43. The third-order valence-corrected chi connectivity index (χ3v) is 4.95. The fourth-order valence-corrected chi connectivity index (χ4v) is 3.47. The van der Waals surface area contributed by atoms with E-state index in [1.807, 2.05) is 36.1 Å². The predicted molar refractivity (Wildman–Crippen MR) is 106 cm³/mol. The average Bonchev–Trinajstić information content (AvgIpc) is 3.06. The minimum atomic E-state index is -0.417. The van der Waals surface area contributed by atoms with E-state index in [-0.39, 0.29) is 18.3 Å². The minimum absolute atomic E-state index is 0.0404. The summed E-state index contributed by atoms with van der Waals surface area (Å²) in [6.07, 6.45) is 3.31. The maximum Gasteiger partial charge on any atom is 0.278 e. The summed E-state index contributed by atoms with van der Waals surface area (Å²) in [6.45, 7) is 2.75. The number of rotatable bonds is 9. The van der Waals surface area contributed by atoms with Gasteiger partial charge in [0.25, 0.3) is 5.69 Å². The number of nitro groups is 1. The smallest absolute Gasteiger partial charge is 0.278 e. The standard InChI is InChI=1S/C21H24N2O5/c1-3-4-9-28-21-12-19(23(25)26)16(11-20(21)27-2)13-22-17(14-24)10-15-7-5-6-8-18(15)22/h5-8,11-12,14,17H,3-4,9-10,13H2,1-2H3/t17-/m0/s1. The first-order valence-corrected chi connectivity index (χ1v) is 9.37. The van der Waals surface area contributed by atoms with Gasteiger partial charge in [-0.15, -0.1) is 0 Å². The Morgan fingerprint density at radius 3 is 2.75 bits per heavy atom. The molecule has 0 N–H and O–H groups in total. The summed E-state index contributed by atoms with van der Waals surface area (Å²) in [5.74, 6) is 0.812. The van der Waals surface area contributed by atoms with Gasteiger partial charge in [-0.25, -0.2) is 0 Å². The van der Waals surface area contributed by atoms with E-state index in [1.54, 1.807) is 6.07 Å². The lowest BCUT2D eigenvalue weighted by atomic mass is 10.1. The fourth-order valence-electron chi connectivity index (χ4n) is 3.47. The second-order valence-electron chi connectivity index (χ2n) is 6.76. The van der Waals surface area contributed by atoms with E-state index >= 15 is 0 Å². The molecule has 0 spiro atoms. The van der Waals surface area contributed by atoms with Gasteiger partial charge in [0, 0.05) is 12.1 Å². The van der Waals surface area contributed by atoms with Crippen LogP contribution in [0.25, 0.3) is 0 Å². The molecule has 0 unspecified atom stereocenters. The first-order valence-electron chi connectivity index (χ1n) is 9.37. The number of fused-ring (bicyclic) bond motifs is 1. The Balaban J connectivity index is 1.96. The van der Waals surface area contributed by atoms with E-state index in [1.165, 1.54) is 13.2 Å². The van der Waals surface area contributed by atoms with Gasteiger partial charge in [0.2, 0.25) is 0 Å². The van der Waals surface area contributed by atoms with Crippen LogP contribution in [0.5, 0.6) is 11.5 Å². The summed E-state index contributed by atoms with van der Waals surface area (Å²) in [7, 11) is 1.51. The van der Waals surface area contributed by atoms with Crippen LogP contribution in [0.1, 0.15) is 30.9 Å². The number of ether oxygens (including phenoxy) is 2. The van der Waals surface area contributed by atoms with E-state index in [0.717, 1.165) is 30.4 Å². The van der Waals surface area contributed by atoms with Gasteiger partial charge in [0.05, 0.1) is 42.9 Å². The maximum absolute atomic E-state index is 11.7. The van der Waals surface area contributed by atoms with Crippen LogP contribution in [0.3, 0.4) is 0 Å². The zero-order chi connectivity index (χ0) is 20.1. The summed E-state index contributed by atoms with van der Waals surface area (Å²) in [6, 6.07) is 10.5. The average molecular weight is 384 g/mol. The summed E-state index contributed by atoms with van der Waals surface area (Å²) >= 11 is 0. The molecule has 0 aliphatic carbocycles. The number of carbonyl (C=O) groups is 1. The van der Waals surface area contributed by atoms with Gasteiger partial charge in [-0.3, -0.25) is 10.1 Å². The quantitative estimate of drug-likeness (QED) is 0.282. The fraction of sp³-hybridized carbons (Fsp3) is 0.381. The highest BCUT2D eigenvalue weighted by atomic mass is 16.6. The molecule has 0 saturated heterocycles. The Morgan fingerprint density at radius 1 is 1.29 bits per heavy atom. The lowest BCUT2D eigenvalue weighted by Crippen LogP contribution is -2.32. The highest BCUT2D eigenvalue weighted by molar-refractivity contribution is 5.74. The Hall–Kier alpha value is -3.09. The van der Waals surface area contributed by atoms with Gasteiger partial charge in [-0.2, -0.15) is 0 Å². The Morgan fingerprint density at radius 2 is 2.07 bits per heavy atom. The Bertz CT molecular complexity index is 868. The van der Waals surface area contributed by atoms with Crippen molar-refractivity contribution < 1.29 is 19.2 Å². The molecule has 3 rings (SSSR count). The third-order valence-electron chi connectivity index (χ3n) is 4.95. The molecule has 0 amide bonds. The number of nitro benzene ring substituents is 1. The molecule has 0 radical (unpaired) electrons. The van der Waals surface area contributed by atoms with Crippen LogP contribution in [-0.4, -0.2) is 31.0 Å². The largest absolute Gasteiger partial charge is 0.493 e. The minimum Gasteiger partial charge on any atom is -0.493 e. The van der Waals surface area contributed by atoms with Crippen LogP contribution in [0.15, 0.2) is 36.4 Å². The van der Waals surface area contributed by atoms with E-state index < -0.39 is 4.92 Å². The first-order chi connectivity index (χ1) is 13.6. The van der Waals surface area contributed by atoms with Crippen molar-refractivity contribution >= 4 is 17.7 Å². The first kappa shape index (κ1) is 19.7. The van der Waals surface area contributed by atoms with Crippen LogP contribution in [-0.2, 0) is 17.8 Å². The molecule has 1 atom stereocenters. The molecular formula is C21H24N2O5. The normalized spacial score (nSPS) is 15.2. The number of benzene rings is 2. The SMILES string of the molecule is CCCCOc1cc([N+](=O)[O-])c(CN2c3ccccc3C[C@H]2C=O)cc1OC. The molecule has 2 aromatic carbocycles. The number of carbonyl (C=O) groups excluding carboxylic acids is 1. The molecule has 0 saturated carbocycles. The maximum atomic E-state index is 11.7. The molecule has 7 nitrogen and oxygen atoms in total. The molecule has 0 aromatic heterocycles. The zero-order valence-corrected chi connectivity index (χ0v) is 16.1. The predicted octanol–water partition coefficient (Wildman–Crippen LogP) is 3.91. The molecule has 2 aromatic rings. The summed E-state index contributed by atoms with van der Waals surface area (Å²) in [5, 5.41) is 11.7. The number of anilines is 1. The van der Waals surface area contributed by atoms with Crippen LogP contribution < -0.4 is 14.4 Å². The van der Waals surface area contributed by atoms with E-state index in [4.69, 9.17) is 9.47 Å². The molecule has 0 bridgehead atoms. The molecule has 1 aliphatic rings. The molecular weight excluding hydrogens is 360 g/mol. The molecule has 28 heavy (non-hydrogen) atoms. The van der Waals surface area contributed by atoms with Crippen LogP contribution in [0.4, 0.5) is 11.4 Å². The highest BCUT2D eigenvalue weighted by Gasteiger charge is 2.31. The molecule has 1 heterocycles.